The largest absolute Gasteiger partial charge is 0.243 e. The highest BCUT2D eigenvalue weighted by molar-refractivity contribution is 9.08. The zero-order valence-electron chi connectivity index (χ0n) is 10.3. The molecular formula is C13H16BrNO2S. The minimum atomic E-state index is -3.47. The quantitative estimate of drug-likeness (QED) is 0.594. The lowest BCUT2D eigenvalue weighted by atomic mass is 10.2. The van der Waals surface area contributed by atoms with Crippen LogP contribution in [0.2, 0.25) is 0 Å². The van der Waals surface area contributed by atoms with E-state index in [1.54, 1.807) is 24.3 Å². The van der Waals surface area contributed by atoms with Gasteiger partial charge in [-0.2, -0.15) is 4.31 Å². The molecule has 1 aromatic carbocycles. The molecule has 0 spiro atoms. The van der Waals surface area contributed by atoms with Crippen LogP contribution in [0.15, 0.2) is 29.2 Å². The fourth-order valence-corrected chi connectivity index (χ4v) is 3.35. The summed E-state index contributed by atoms with van der Waals surface area (Å²) in [7, 11) is -3.47. The minimum absolute atomic E-state index is 0.108. The van der Waals surface area contributed by atoms with E-state index in [9.17, 15) is 8.42 Å². The summed E-state index contributed by atoms with van der Waals surface area (Å²) in [6.45, 7) is 2.47. The van der Waals surface area contributed by atoms with Crippen molar-refractivity contribution in [3.05, 3.63) is 29.8 Å². The average molecular weight is 330 g/mol. The molecule has 0 radical (unpaired) electrons. The Hall–Kier alpha value is -0.830. The van der Waals surface area contributed by atoms with Gasteiger partial charge in [0.2, 0.25) is 10.0 Å². The van der Waals surface area contributed by atoms with Gasteiger partial charge in [-0.3, -0.25) is 0 Å². The summed E-state index contributed by atoms with van der Waals surface area (Å²) in [6, 6.07) is 6.82. The van der Waals surface area contributed by atoms with E-state index >= 15 is 0 Å². The van der Waals surface area contributed by atoms with Gasteiger partial charge in [-0.1, -0.05) is 40.9 Å². The molecule has 1 aromatic rings. The molecule has 18 heavy (non-hydrogen) atoms. The van der Waals surface area contributed by atoms with Gasteiger partial charge in [0.25, 0.3) is 0 Å². The van der Waals surface area contributed by atoms with E-state index in [1.807, 2.05) is 6.92 Å². The topological polar surface area (TPSA) is 37.4 Å². The lowest BCUT2D eigenvalue weighted by Gasteiger charge is -2.19. The number of rotatable bonds is 6. The Labute approximate surface area is 117 Å². The summed E-state index contributed by atoms with van der Waals surface area (Å²) < 4.78 is 26.0. The molecule has 1 rings (SSSR count). The molecule has 0 aromatic heterocycles. The van der Waals surface area contributed by atoms with Crippen molar-refractivity contribution >= 4 is 26.0 Å². The van der Waals surface area contributed by atoms with Gasteiger partial charge in [0.1, 0.15) is 0 Å². The predicted octanol–water partition coefficient (Wildman–Crippen LogP) is 2.62. The van der Waals surface area contributed by atoms with Crippen molar-refractivity contribution < 1.29 is 8.42 Å². The number of hydrogen-bond acceptors (Lipinski definition) is 2. The first kappa shape index (κ1) is 15.2. The molecule has 0 N–H and O–H groups in total. The van der Waals surface area contributed by atoms with Gasteiger partial charge in [0, 0.05) is 11.9 Å². The second kappa shape index (κ2) is 6.93. The van der Waals surface area contributed by atoms with Gasteiger partial charge in [-0.05, 0) is 24.1 Å². The maximum atomic E-state index is 12.3. The highest BCUT2D eigenvalue weighted by Gasteiger charge is 2.22. The third-order valence-corrected chi connectivity index (χ3v) is 4.96. The molecular weight excluding hydrogens is 314 g/mol. The third-order valence-electron chi connectivity index (χ3n) is 2.46. The highest BCUT2D eigenvalue weighted by atomic mass is 79.9. The van der Waals surface area contributed by atoms with Crippen LogP contribution in [-0.4, -0.2) is 25.8 Å². The first-order chi connectivity index (χ1) is 8.56. The van der Waals surface area contributed by atoms with E-state index in [4.69, 9.17) is 6.42 Å². The van der Waals surface area contributed by atoms with Crippen molar-refractivity contribution in [2.24, 2.45) is 0 Å². The van der Waals surface area contributed by atoms with Gasteiger partial charge in [0.05, 0.1) is 11.4 Å². The number of benzene rings is 1. The molecule has 0 heterocycles. The molecule has 0 saturated carbocycles. The first-order valence-corrected chi connectivity index (χ1v) is 8.21. The van der Waals surface area contributed by atoms with Crippen LogP contribution in [0.4, 0.5) is 0 Å². The fourth-order valence-electron chi connectivity index (χ4n) is 1.54. The van der Waals surface area contributed by atoms with E-state index in [0.29, 0.717) is 11.9 Å². The fraction of sp³-hybridized carbons (Fsp3) is 0.385. The van der Waals surface area contributed by atoms with Crippen molar-refractivity contribution in [1.29, 1.82) is 0 Å². The summed E-state index contributed by atoms with van der Waals surface area (Å²) in [5, 5.41) is 0.705. The standard InChI is InChI=1S/C13H16BrNO2S/c1-3-9-15(10-4-2)18(16,17)13-7-5-12(11-14)6-8-13/h1,5-8H,4,9-11H2,2H3. The van der Waals surface area contributed by atoms with Gasteiger partial charge in [0.15, 0.2) is 0 Å². The lowest BCUT2D eigenvalue weighted by molar-refractivity contribution is 0.445. The predicted molar refractivity (Wildman–Crippen MR) is 77.0 cm³/mol. The van der Waals surface area contributed by atoms with Crippen LogP contribution in [-0.2, 0) is 15.4 Å². The summed E-state index contributed by atoms with van der Waals surface area (Å²) in [5.41, 5.74) is 1.04. The van der Waals surface area contributed by atoms with Crippen molar-refractivity contribution in [1.82, 2.24) is 4.31 Å². The highest BCUT2D eigenvalue weighted by Crippen LogP contribution is 2.17. The van der Waals surface area contributed by atoms with E-state index in [2.05, 4.69) is 21.9 Å². The van der Waals surface area contributed by atoms with Crippen LogP contribution in [0.1, 0.15) is 18.9 Å². The first-order valence-electron chi connectivity index (χ1n) is 5.64. The Balaban J connectivity index is 3.06. The van der Waals surface area contributed by atoms with E-state index in [0.717, 1.165) is 12.0 Å². The molecule has 0 aliphatic carbocycles. The second-order valence-electron chi connectivity index (χ2n) is 3.82. The Kier molecular flexibility index (Phi) is 5.86. The average Bonchev–Trinajstić information content (AvgIpc) is 2.38. The number of sulfonamides is 1. The Morgan fingerprint density at radius 2 is 1.94 bits per heavy atom. The number of terminal acetylenes is 1. The van der Waals surface area contributed by atoms with Crippen LogP contribution < -0.4 is 0 Å². The smallest absolute Gasteiger partial charge is 0.207 e. The molecule has 0 amide bonds. The van der Waals surface area contributed by atoms with Crippen LogP contribution in [0.3, 0.4) is 0 Å². The number of hydrogen-bond donors (Lipinski definition) is 0. The maximum Gasteiger partial charge on any atom is 0.243 e. The Morgan fingerprint density at radius 3 is 2.39 bits per heavy atom. The molecule has 0 aliphatic rings. The molecule has 5 heteroatoms. The van der Waals surface area contributed by atoms with Crippen molar-refractivity contribution in [3.8, 4) is 12.3 Å². The molecule has 0 saturated heterocycles. The van der Waals surface area contributed by atoms with Gasteiger partial charge >= 0.3 is 0 Å². The second-order valence-corrected chi connectivity index (χ2v) is 6.32. The van der Waals surface area contributed by atoms with Crippen LogP contribution in [0.25, 0.3) is 0 Å². The molecule has 0 atom stereocenters. The van der Waals surface area contributed by atoms with Crippen LogP contribution >= 0.6 is 15.9 Å². The van der Waals surface area contributed by atoms with Crippen molar-refractivity contribution in [3.63, 3.8) is 0 Å². The van der Waals surface area contributed by atoms with Crippen LogP contribution in [0, 0.1) is 12.3 Å². The van der Waals surface area contributed by atoms with E-state index < -0.39 is 10.0 Å². The molecule has 0 unspecified atom stereocenters. The SMILES string of the molecule is C#CCN(CCC)S(=O)(=O)c1ccc(CBr)cc1. The van der Waals surface area contributed by atoms with Crippen molar-refractivity contribution in [2.45, 2.75) is 23.6 Å². The molecule has 3 nitrogen and oxygen atoms in total. The van der Waals surface area contributed by atoms with E-state index in [1.165, 1.54) is 4.31 Å². The zero-order valence-corrected chi connectivity index (χ0v) is 12.7. The number of alkyl halides is 1. The van der Waals surface area contributed by atoms with Gasteiger partial charge in [-0.15, -0.1) is 6.42 Å². The monoisotopic (exact) mass is 329 g/mol. The lowest BCUT2D eigenvalue weighted by Crippen LogP contribution is -2.32. The molecule has 0 bridgehead atoms. The third kappa shape index (κ3) is 3.58. The minimum Gasteiger partial charge on any atom is -0.207 e. The van der Waals surface area contributed by atoms with Gasteiger partial charge < -0.3 is 0 Å². The van der Waals surface area contributed by atoms with E-state index in [-0.39, 0.29) is 11.4 Å². The maximum absolute atomic E-state index is 12.3. The molecule has 98 valence electrons. The number of halogens is 1. The summed E-state index contributed by atoms with van der Waals surface area (Å²) in [6.07, 6.45) is 5.95. The molecule has 0 fully saturated rings. The van der Waals surface area contributed by atoms with Gasteiger partial charge in [-0.25, -0.2) is 8.42 Å². The zero-order chi connectivity index (χ0) is 13.6. The normalized spacial score (nSPS) is 11.4. The Morgan fingerprint density at radius 1 is 1.33 bits per heavy atom. The number of nitrogens with zero attached hydrogens (tertiary/aromatic N) is 1. The summed E-state index contributed by atoms with van der Waals surface area (Å²) >= 11 is 3.32. The summed E-state index contributed by atoms with van der Waals surface area (Å²) in [5.74, 6) is 2.39. The Bertz CT molecular complexity index is 517. The van der Waals surface area contributed by atoms with Crippen LogP contribution in [0.5, 0.6) is 0 Å². The summed E-state index contributed by atoms with van der Waals surface area (Å²) in [4.78, 5) is 0.288. The molecule has 0 aliphatic heterocycles. The van der Waals surface area contributed by atoms with Crippen molar-refractivity contribution in [2.75, 3.05) is 13.1 Å².